The van der Waals surface area contributed by atoms with Crippen molar-refractivity contribution < 1.29 is 0 Å². The van der Waals surface area contributed by atoms with Crippen molar-refractivity contribution in [1.82, 2.24) is 15.2 Å². The maximum Gasteiger partial charge on any atom is 0.0954 e. The number of nitrogens with one attached hydrogen (secondary N) is 1. The highest BCUT2D eigenvalue weighted by molar-refractivity contribution is 7.09. The second kappa shape index (κ2) is 10.8. The van der Waals surface area contributed by atoms with Gasteiger partial charge in [0.2, 0.25) is 0 Å². The van der Waals surface area contributed by atoms with E-state index in [2.05, 4.69) is 36.4 Å². The number of thiazole rings is 1. The first kappa shape index (κ1) is 21.1. The van der Waals surface area contributed by atoms with Crippen molar-refractivity contribution in [3.8, 4) is 0 Å². The van der Waals surface area contributed by atoms with E-state index in [1.807, 2.05) is 11.3 Å². The summed E-state index contributed by atoms with van der Waals surface area (Å²) in [5.74, 6) is 0.553. The van der Waals surface area contributed by atoms with Crippen LogP contribution >= 0.6 is 36.2 Å². The van der Waals surface area contributed by atoms with Crippen molar-refractivity contribution in [2.24, 2.45) is 0 Å². The van der Waals surface area contributed by atoms with Gasteiger partial charge >= 0.3 is 0 Å². The minimum atomic E-state index is 0. The van der Waals surface area contributed by atoms with Crippen LogP contribution in [0.5, 0.6) is 0 Å². The Morgan fingerprint density at radius 2 is 2.00 bits per heavy atom. The van der Waals surface area contributed by atoms with Gasteiger partial charge in [-0.05, 0) is 38.9 Å². The summed E-state index contributed by atoms with van der Waals surface area (Å²) in [6.45, 7) is 11.3. The molecule has 0 spiro atoms. The standard InChI is InChI=1S/C15H27N3S.2ClH/c1-4-9-18(14-5-7-16-8-6-14)10-13-11-19-15(17-13)12(2)3;;/h11-12,14,16H,4-10H2,1-3H3;2*1H. The highest BCUT2D eigenvalue weighted by Gasteiger charge is 2.21. The number of aromatic nitrogens is 1. The maximum absolute atomic E-state index is 4.79. The molecule has 0 aliphatic carbocycles. The molecule has 0 amide bonds. The van der Waals surface area contributed by atoms with E-state index in [0.717, 1.165) is 12.6 Å². The zero-order valence-corrected chi connectivity index (χ0v) is 15.8. The predicted octanol–water partition coefficient (Wildman–Crippen LogP) is 4.07. The summed E-state index contributed by atoms with van der Waals surface area (Å²) in [5, 5.41) is 6.98. The molecule has 1 aromatic rings. The largest absolute Gasteiger partial charge is 0.317 e. The number of nitrogens with zero attached hydrogens (tertiary/aromatic N) is 2. The average molecular weight is 354 g/mol. The monoisotopic (exact) mass is 353 g/mol. The molecule has 0 bridgehead atoms. The van der Waals surface area contributed by atoms with Crippen molar-refractivity contribution >= 4 is 36.2 Å². The van der Waals surface area contributed by atoms with E-state index in [0.29, 0.717) is 5.92 Å². The van der Waals surface area contributed by atoms with Crippen LogP contribution < -0.4 is 5.32 Å². The topological polar surface area (TPSA) is 28.2 Å². The van der Waals surface area contributed by atoms with Crippen molar-refractivity contribution in [1.29, 1.82) is 0 Å². The van der Waals surface area contributed by atoms with Gasteiger partial charge in [0.1, 0.15) is 0 Å². The van der Waals surface area contributed by atoms with E-state index >= 15 is 0 Å². The van der Waals surface area contributed by atoms with Gasteiger partial charge in [0.25, 0.3) is 0 Å². The van der Waals surface area contributed by atoms with Gasteiger partial charge < -0.3 is 5.32 Å². The number of hydrogen-bond donors (Lipinski definition) is 1. The summed E-state index contributed by atoms with van der Waals surface area (Å²) in [6, 6.07) is 0.741. The van der Waals surface area contributed by atoms with Crippen molar-refractivity contribution in [2.45, 2.75) is 58.5 Å². The quantitative estimate of drug-likeness (QED) is 0.835. The van der Waals surface area contributed by atoms with Crippen LogP contribution in [0.3, 0.4) is 0 Å². The van der Waals surface area contributed by atoms with E-state index in [-0.39, 0.29) is 24.8 Å². The lowest BCUT2D eigenvalue weighted by molar-refractivity contribution is 0.152. The molecule has 6 heteroatoms. The minimum absolute atomic E-state index is 0. The Bertz CT molecular complexity index is 379. The molecule has 0 aromatic carbocycles. The smallest absolute Gasteiger partial charge is 0.0954 e. The van der Waals surface area contributed by atoms with Gasteiger partial charge in [0, 0.05) is 23.9 Å². The highest BCUT2D eigenvalue weighted by atomic mass is 35.5. The second-order valence-corrected chi connectivity index (χ2v) is 6.67. The summed E-state index contributed by atoms with van der Waals surface area (Å²) in [7, 11) is 0. The molecule has 124 valence electrons. The predicted molar refractivity (Wildman–Crippen MR) is 97.3 cm³/mol. The van der Waals surface area contributed by atoms with Crippen molar-refractivity contribution in [3.63, 3.8) is 0 Å². The maximum atomic E-state index is 4.79. The molecule has 2 rings (SSSR count). The molecule has 1 aliphatic rings. The first-order valence-corrected chi connectivity index (χ1v) is 8.47. The molecular formula is C15H29Cl2N3S. The van der Waals surface area contributed by atoms with Crippen LogP contribution in [0.1, 0.15) is 56.7 Å². The van der Waals surface area contributed by atoms with Crippen LogP contribution in [-0.4, -0.2) is 35.6 Å². The third-order valence-electron chi connectivity index (χ3n) is 3.76. The third-order valence-corrected chi connectivity index (χ3v) is 4.96. The Morgan fingerprint density at radius 3 is 2.52 bits per heavy atom. The second-order valence-electron chi connectivity index (χ2n) is 5.78. The van der Waals surface area contributed by atoms with Crippen LogP contribution in [0, 0.1) is 0 Å². The van der Waals surface area contributed by atoms with Crippen molar-refractivity contribution in [2.75, 3.05) is 19.6 Å². The Hall–Kier alpha value is 0.130. The van der Waals surface area contributed by atoms with Gasteiger partial charge in [-0.2, -0.15) is 0 Å². The lowest BCUT2D eigenvalue weighted by Crippen LogP contribution is -2.43. The van der Waals surface area contributed by atoms with Gasteiger partial charge in [0.05, 0.1) is 10.7 Å². The molecule has 21 heavy (non-hydrogen) atoms. The molecule has 0 unspecified atom stereocenters. The molecule has 1 N–H and O–H groups in total. The molecule has 1 aromatic heterocycles. The molecular weight excluding hydrogens is 325 g/mol. The molecule has 1 aliphatic heterocycles. The van der Waals surface area contributed by atoms with Crippen molar-refractivity contribution in [3.05, 3.63) is 16.1 Å². The summed E-state index contributed by atoms with van der Waals surface area (Å²) in [4.78, 5) is 7.43. The van der Waals surface area contributed by atoms with E-state index in [4.69, 9.17) is 4.98 Å². The van der Waals surface area contributed by atoms with Crippen LogP contribution in [0.4, 0.5) is 0 Å². The van der Waals surface area contributed by atoms with E-state index < -0.39 is 0 Å². The fraction of sp³-hybridized carbons (Fsp3) is 0.800. The molecule has 3 nitrogen and oxygen atoms in total. The summed E-state index contributed by atoms with van der Waals surface area (Å²) < 4.78 is 0. The minimum Gasteiger partial charge on any atom is -0.317 e. The fourth-order valence-corrected chi connectivity index (χ4v) is 3.54. The van der Waals surface area contributed by atoms with E-state index in [1.165, 1.54) is 49.6 Å². The highest BCUT2D eigenvalue weighted by Crippen LogP contribution is 2.22. The first-order valence-electron chi connectivity index (χ1n) is 7.59. The zero-order chi connectivity index (χ0) is 13.7. The molecule has 1 saturated heterocycles. The van der Waals surface area contributed by atoms with Gasteiger partial charge in [-0.1, -0.05) is 20.8 Å². The Balaban J connectivity index is 0.00000200. The summed E-state index contributed by atoms with van der Waals surface area (Å²) in [6.07, 6.45) is 3.79. The van der Waals surface area contributed by atoms with E-state index in [9.17, 15) is 0 Å². The van der Waals surface area contributed by atoms with Gasteiger partial charge in [-0.25, -0.2) is 4.98 Å². The lowest BCUT2D eigenvalue weighted by Gasteiger charge is -2.34. The summed E-state index contributed by atoms with van der Waals surface area (Å²) >= 11 is 1.81. The lowest BCUT2D eigenvalue weighted by atomic mass is 10.0. The molecule has 1 fully saturated rings. The zero-order valence-electron chi connectivity index (χ0n) is 13.3. The fourth-order valence-electron chi connectivity index (χ4n) is 2.72. The SMILES string of the molecule is CCCN(Cc1csc(C(C)C)n1)C1CCNCC1.Cl.Cl. The van der Waals surface area contributed by atoms with Gasteiger partial charge in [-0.3, -0.25) is 4.90 Å². The number of halogens is 2. The summed E-state index contributed by atoms with van der Waals surface area (Å²) in [5.41, 5.74) is 1.26. The molecule has 0 atom stereocenters. The Kier molecular flexibility index (Phi) is 10.9. The average Bonchev–Trinajstić information content (AvgIpc) is 2.88. The van der Waals surface area contributed by atoms with Crippen LogP contribution in [-0.2, 0) is 6.54 Å². The number of piperidine rings is 1. The first-order chi connectivity index (χ1) is 9.20. The van der Waals surface area contributed by atoms with Crippen LogP contribution in [0.25, 0.3) is 0 Å². The Morgan fingerprint density at radius 1 is 1.33 bits per heavy atom. The van der Waals surface area contributed by atoms with E-state index in [1.54, 1.807) is 0 Å². The van der Waals surface area contributed by atoms with Gasteiger partial charge in [-0.15, -0.1) is 36.2 Å². The van der Waals surface area contributed by atoms with Crippen LogP contribution in [0.2, 0.25) is 0 Å². The van der Waals surface area contributed by atoms with Crippen LogP contribution in [0.15, 0.2) is 5.38 Å². The molecule has 0 radical (unpaired) electrons. The normalized spacial score (nSPS) is 15.9. The Labute approximate surface area is 145 Å². The number of rotatable bonds is 6. The number of hydrogen-bond acceptors (Lipinski definition) is 4. The third kappa shape index (κ3) is 6.41. The molecule has 2 heterocycles. The molecule has 0 saturated carbocycles. The van der Waals surface area contributed by atoms with Gasteiger partial charge in [0.15, 0.2) is 0 Å².